The fourth-order valence-corrected chi connectivity index (χ4v) is 1.80. The number of nitrogens with zero attached hydrogens (tertiary/aromatic N) is 1. The number of hydrogen-bond acceptors (Lipinski definition) is 3. The lowest BCUT2D eigenvalue weighted by atomic mass is 10.1. The summed E-state index contributed by atoms with van der Waals surface area (Å²) < 4.78 is 38.4. The average molecular weight is 300 g/mol. The van der Waals surface area contributed by atoms with Gasteiger partial charge in [-0.3, -0.25) is 9.78 Å². The number of carbonyl (C=O) groups excluding carboxylic acids is 1. The summed E-state index contributed by atoms with van der Waals surface area (Å²) in [5.74, 6) is -2.14. The summed E-state index contributed by atoms with van der Waals surface area (Å²) >= 11 is 0. The molecule has 112 valence electrons. The van der Waals surface area contributed by atoms with E-state index < -0.39 is 23.6 Å². The van der Waals surface area contributed by atoms with E-state index in [9.17, 15) is 22.8 Å². The molecule has 1 aromatic rings. The molecule has 2 rings (SSSR count). The highest BCUT2D eigenvalue weighted by atomic mass is 19.4. The highest BCUT2D eigenvalue weighted by molar-refractivity contribution is 5.99. The van der Waals surface area contributed by atoms with Gasteiger partial charge in [0.15, 0.2) is 0 Å². The Bertz CT molecular complexity index is 607. The van der Waals surface area contributed by atoms with E-state index in [1.807, 2.05) is 5.32 Å². The van der Waals surface area contributed by atoms with Crippen molar-refractivity contribution >= 4 is 18.0 Å². The fraction of sp³-hybridized carbons (Fsp3) is 0.308. The third kappa shape index (κ3) is 3.21. The maximum absolute atomic E-state index is 12.8. The lowest BCUT2D eigenvalue weighted by Gasteiger charge is -2.21. The van der Waals surface area contributed by atoms with Crippen LogP contribution in [0.2, 0.25) is 0 Å². The summed E-state index contributed by atoms with van der Waals surface area (Å²) in [4.78, 5) is 26.2. The van der Waals surface area contributed by atoms with E-state index in [4.69, 9.17) is 5.11 Å². The summed E-state index contributed by atoms with van der Waals surface area (Å²) in [6.07, 6.45) is -0.475. The number of halogens is 3. The van der Waals surface area contributed by atoms with Crippen LogP contribution in [-0.4, -0.2) is 33.7 Å². The first-order valence-electron chi connectivity index (χ1n) is 5.99. The van der Waals surface area contributed by atoms with Crippen molar-refractivity contribution in [1.82, 2.24) is 10.3 Å². The fourth-order valence-electron chi connectivity index (χ4n) is 1.80. The lowest BCUT2D eigenvalue weighted by Crippen LogP contribution is -2.48. The van der Waals surface area contributed by atoms with Gasteiger partial charge < -0.3 is 10.4 Å². The highest BCUT2D eigenvalue weighted by Crippen LogP contribution is 2.49. The lowest BCUT2D eigenvalue weighted by molar-refractivity contribution is -0.163. The molecule has 2 N–H and O–H groups in total. The van der Waals surface area contributed by atoms with Crippen LogP contribution in [0.15, 0.2) is 24.5 Å². The van der Waals surface area contributed by atoms with Gasteiger partial charge in [-0.1, -0.05) is 0 Å². The van der Waals surface area contributed by atoms with Gasteiger partial charge in [0.05, 0.1) is 0 Å². The van der Waals surface area contributed by atoms with Crippen molar-refractivity contribution < 1.29 is 27.9 Å². The molecule has 1 fully saturated rings. The van der Waals surface area contributed by atoms with Gasteiger partial charge in [0.25, 0.3) is 5.91 Å². The monoisotopic (exact) mass is 300 g/mol. The molecule has 1 amide bonds. The van der Waals surface area contributed by atoms with Crippen LogP contribution in [0, 0.1) is 0 Å². The van der Waals surface area contributed by atoms with E-state index in [0.717, 1.165) is 12.2 Å². The SMILES string of the molecule is O=C(O)/C=C/c1cnccc1C(=O)NC1(C(F)(F)F)CC1. The topological polar surface area (TPSA) is 79.3 Å². The van der Waals surface area contributed by atoms with Crippen molar-refractivity contribution in [3.63, 3.8) is 0 Å². The van der Waals surface area contributed by atoms with E-state index in [1.165, 1.54) is 18.5 Å². The minimum atomic E-state index is -4.51. The van der Waals surface area contributed by atoms with E-state index in [2.05, 4.69) is 4.98 Å². The van der Waals surface area contributed by atoms with E-state index in [-0.39, 0.29) is 24.0 Å². The molecule has 21 heavy (non-hydrogen) atoms. The summed E-state index contributed by atoms with van der Waals surface area (Å²) in [5.41, 5.74) is -2.09. The first-order chi connectivity index (χ1) is 9.75. The van der Waals surface area contributed by atoms with Gasteiger partial charge in [-0.15, -0.1) is 0 Å². The predicted molar refractivity (Wildman–Crippen MR) is 66.4 cm³/mol. The normalized spacial score (nSPS) is 16.7. The van der Waals surface area contributed by atoms with Crippen LogP contribution in [0.25, 0.3) is 6.08 Å². The predicted octanol–water partition coefficient (Wildman–Crippen LogP) is 2.00. The van der Waals surface area contributed by atoms with Gasteiger partial charge in [0.2, 0.25) is 0 Å². The molecule has 0 bridgehead atoms. The van der Waals surface area contributed by atoms with E-state index in [0.29, 0.717) is 0 Å². The standard InChI is InChI=1S/C13H11F3N2O3/c14-13(15,16)12(4-5-12)18-11(21)9-3-6-17-7-8(9)1-2-10(19)20/h1-3,6-7H,4-5H2,(H,18,21)(H,19,20)/b2-1+. The minimum Gasteiger partial charge on any atom is -0.478 e. The molecule has 0 unspecified atom stereocenters. The van der Waals surface area contributed by atoms with Crippen molar-refractivity contribution in [1.29, 1.82) is 0 Å². The van der Waals surface area contributed by atoms with Crippen molar-refractivity contribution in [3.05, 3.63) is 35.7 Å². The largest absolute Gasteiger partial charge is 0.478 e. The molecule has 0 spiro atoms. The zero-order chi connectivity index (χ0) is 15.7. The van der Waals surface area contributed by atoms with Gasteiger partial charge >= 0.3 is 12.1 Å². The summed E-state index contributed by atoms with van der Waals surface area (Å²) in [6.45, 7) is 0. The number of alkyl halides is 3. The molecular formula is C13H11F3N2O3. The third-order valence-corrected chi connectivity index (χ3v) is 3.15. The molecular weight excluding hydrogens is 289 g/mol. The van der Waals surface area contributed by atoms with E-state index >= 15 is 0 Å². The quantitative estimate of drug-likeness (QED) is 0.834. The van der Waals surface area contributed by atoms with Crippen LogP contribution in [0.4, 0.5) is 13.2 Å². The van der Waals surface area contributed by atoms with Crippen LogP contribution in [0.3, 0.4) is 0 Å². The Morgan fingerprint density at radius 2 is 2.05 bits per heavy atom. The molecule has 1 aliphatic carbocycles. The highest BCUT2D eigenvalue weighted by Gasteiger charge is 2.64. The molecule has 8 heteroatoms. The molecule has 1 saturated carbocycles. The van der Waals surface area contributed by atoms with Crippen molar-refractivity contribution in [3.8, 4) is 0 Å². The second-order valence-electron chi connectivity index (χ2n) is 4.67. The second-order valence-corrected chi connectivity index (χ2v) is 4.67. The van der Waals surface area contributed by atoms with Gasteiger partial charge in [-0.25, -0.2) is 4.79 Å². The smallest absolute Gasteiger partial charge is 0.411 e. The Hall–Kier alpha value is -2.38. The number of rotatable bonds is 4. The third-order valence-electron chi connectivity index (χ3n) is 3.15. The van der Waals surface area contributed by atoms with Crippen molar-refractivity contribution in [2.45, 2.75) is 24.6 Å². The molecule has 1 heterocycles. The van der Waals surface area contributed by atoms with Gasteiger partial charge in [-0.05, 0) is 25.0 Å². The Balaban J connectivity index is 2.23. The molecule has 0 aromatic carbocycles. The van der Waals surface area contributed by atoms with Gasteiger partial charge in [-0.2, -0.15) is 13.2 Å². The maximum atomic E-state index is 12.8. The Labute approximate surface area is 117 Å². The number of carboxylic acids is 1. The summed E-state index contributed by atoms with van der Waals surface area (Å²) in [7, 11) is 0. The molecule has 5 nitrogen and oxygen atoms in total. The van der Waals surface area contributed by atoms with Gasteiger partial charge in [0, 0.05) is 29.6 Å². The van der Waals surface area contributed by atoms with Crippen molar-refractivity contribution in [2.75, 3.05) is 0 Å². The summed E-state index contributed by atoms with van der Waals surface area (Å²) in [6, 6.07) is 1.24. The number of hydrogen-bond donors (Lipinski definition) is 2. The Morgan fingerprint density at radius 3 is 2.57 bits per heavy atom. The second kappa shape index (κ2) is 5.19. The first-order valence-corrected chi connectivity index (χ1v) is 5.99. The number of aliphatic carboxylic acids is 1. The Morgan fingerprint density at radius 1 is 1.38 bits per heavy atom. The zero-order valence-electron chi connectivity index (χ0n) is 10.6. The number of aromatic nitrogens is 1. The van der Waals surface area contributed by atoms with Crippen LogP contribution >= 0.6 is 0 Å². The van der Waals surface area contributed by atoms with Gasteiger partial charge in [0.1, 0.15) is 5.54 Å². The maximum Gasteiger partial charge on any atom is 0.411 e. The minimum absolute atomic E-state index is 0.0574. The molecule has 1 aliphatic rings. The average Bonchev–Trinajstić information content (AvgIpc) is 3.17. The molecule has 0 saturated heterocycles. The van der Waals surface area contributed by atoms with Crippen LogP contribution in [0.5, 0.6) is 0 Å². The number of pyridine rings is 1. The Kier molecular flexibility index (Phi) is 3.71. The van der Waals surface area contributed by atoms with Crippen LogP contribution in [0.1, 0.15) is 28.8 Å². The number of carboxylic acid groups (broad SMARTS) is 1. The van der Waals surface area contributed by atoms with Crippen LogP contribution in [-0.2, 0) is 4.79 Å². The number of amides is 1. The number of carbonyl (C=O) groups is 2. The molecule has 0 radical (unpaired) electrons. The van der Waals surface area contributed by atoms with E-state index in [1.54, 1.807) is 0 Å². The molecule has 0 aliphatic heterocycles. The number of nitrogens with one attached hydrogen (secondary N) is 1. The zero-order valence-corrected chi connectivity index (χ0v) is 10.6. The van der Waals surface area contributed by atoms with Crippen LogP contribution < -0.4 is 5.32 Å². The molecule has 1 aromatic heterocycles. The summed E-state index contributed by atoms with van der Waals surface area (Å²) in [5, 5.41) is 10.5. The first kappa shape index (κ1) is 15.0. The van der Waals surface area contributed by atoms with Crippen molar-refractivity contribution in [2.24, 2.45) is 0 Å². The molecule has 0 atom stereocenters.